The normalized spacial score (nSPS) is 26.4. The number of amides is 1. The monoisotopic (exact) mass is 227 g/mol. The standard InChI is InChI=1S/C11H17NO4/c1-7(11(14)15)12(9-2-3-9)10(13)8-4-5-16-6-8/h7-9H,2-6H2,1H3,(H,14,15). The summed E-state index contributed by atoms with van der Waals surface area (Å²) in [6.07, 6.45) is 2.57. The first-order valence-corrected chi connectivity index (χ1v) is 5.74. The highest BCUT2D eigenvalue weighted by atomic mass is 16.5. The number of hydrogen-bond acceptors (Lipinski definition) is 3. The van der Waals surface area contributed by atoms with E-state index in [4.69, 9.17) is 9.84 Å². The Morgan fingerprint density at radius 1 is 1.38 bits per heavy atom. The van der Waals surface area contributed by atoms with Crippen LogP contribution < -0.4 is 0 Å². The van der Waals surface area contributed by atoms with Gasteiger partial charge in [0.05, 0.1) is 12.5 Å². The van der Waals surface area contributed by atoms with Crippen molar-refractivity contribution < 1.29 is 19.4 Å². The fourth-order valence-corrected chi connectivity index (χ4v) is 2.10. The fourth-order valence-electron chi connectivity index (χ4n) is 2.10. The fraction of sp³-hybridized carbons (Fsp3) is 0.818. The lowest BCUT2D eigenvalue weighted by atomic mass is 10.1. The van der Waals surface area contributed by atoms with Crippen LogP contribution in [0.4, 0.5) is 0 Å². The molecule has 5 nitrogen and oxygen atoms in total. The highest BCUT2D eigenvalue weighted by Gasteiger charge is 2.41. The maximum absolute atomic E-state index is 12.2. The number of nitrogens with zero attached hydrogens (tertiary/aromatic N) is 1. The third kappa shape index (κ3) is 2.19. The van der Waals surface area contributed by atoms with Crippen molar-refractivity contribution in [2.45, 2.75) is 38.3 Å². The molecule has 0 aromatic rings. The molecule has 1 aliphatic carbocycles. The maximum atomic E-state index is 12.2. The van der Waals surface area contributed by atoms with Gasteiger partial charge in [-0.25, -0.2) is 4.79 Å². The van der Waals surface area contributed by atoms with Gasteiger partial charge in [-0.15, -0.1) is 0 Å². The van der Waals surface area contributed by atoms with E-state index in [9.17, 15) is 9.59 Å². The van der Waals surface area contributed by atoms with Gasteiger partial charge in [-0.3, -0.25) is 4.79 Å². The quantitative estimate of drug-likeness (QED) is 0.759. The summed E-state index contributed by atoms with van der Waals surface area (Å²) in [6, 6.07) is -0.584. The molecule has 1 heterocycles. The summed E-state index contributed by atoms with van der Waals surface area (Å²) in [5.41, 5.74) is 0. The highest BCUT2D eigenvalue weighted by molar-refractivity contribution is 5.85. The van der Waals surface area contributed by atoms with Crippen LogP contribution in [0.1, 0.15) is 26.2 Å². The lowest BCUT2D eigenvalue weighted by Gasteiger charge is -2.28. The van der Waals surface area contributed by atoms with Gasteiger partial charge in [-0.2, -0.15) is 0 Å². The van der Waals surface area contributed by atoms with E-state index < -0.39 is 12.0 Å². The minimum absolute atomic E-state index is 0.0464. The Hall–Kier alpha value is -1.10. The average Bonchev–Trinajstić information content (AvgIpc) is 2.93. The van der Waals surface area contributed by atoms with Gasteiger partial charge < -0.3 is 14.7 Å². The topological polar surface area (TPSA) is 66.8 Å². The first kappa shape index (κ1) is 11.4. The number of hydrogen-bond donors (Lipinski definition) is 1. The van der Waals surface area contributed by atoms with Gasteiger partial charge >= 0.3 is 5.97 Å². The average molecular weight is 227 g/mol. The minimum atomic E-state index is -0.931. The zero-order valence-electron chi connectivity index (χ0n) is 9.39. The molecule has 0 radical (unpaired) electrons. The van der Waals surface area contributed by atoms with E-state index in [1.165, 1.54) is 0 Å². The van der Waals surface area contributed by atoms with Crippen molar-refractivity contribution in [3.63, 3.8) is 0 Å². The van der Waals surface area contributed by atoms with Gasteiger partial charge in [-0.1, -0.05) is 0 Å². The molecule has 2 atom stereocenters. The van der Waals surface area contributed by atoms with E-state index in [0.29, 0.717) is 19.6 Å². The van der Waals surface area contributed by atoms with Crippen molar-refractivity contribution in [1.29, 1.82) is 0 Å². The van der Waals surface area contributed by atoms with Crippen LogP contribution in [0, 0.1) is 5.92 Å². The molecule has 1 N–H and O–H groups in total. The molecule has 2 aliphatic rings. The van der Waals surface area contributed by atoms with E-state index in [2.05, 4.69) is 0 Å². The Bertz CT molecular complexity index is 294. The summed E-state index contributed by atoms with van der Waals surface area (Å²) in [6.45, 7) is 2.62. The summed E-state index contributed by atoms with van der Waals surface area (Å²) < 4.78 is 5.17. The molecular formula is C11H17NO4. The molecule has 2 fully saturated rings. The Morgan fingerprint density at radius 3 is 2.50 bits per heavy atom. The molecule has 5 heteroatoms. The Labute approximate surface area is 94.4 Å². The van der Waals surface area contributed by atoms with Gasteiger partial charge in [0.2, 0.25) is 5.91 Å². The molecular weight excluding hydrogens is 210 g/mol. The first-order chi connectivity index (χ1) is 7.61. The van der Waals surface area contributed by atoms with Crippen LogP contribution in [0.3, 0.4) is 0 Å². The molecule has 0 aromatic heterocycles. The van der Waals surface area contributed by atoms with Crippen LogP contribution in [0.25, 0.3) is 0 Å². The third-order valence-electron chi connectivity index (χ3n) is 3.25. The van der Waals surface area contributed by atoms with Gasteiger partial charge in [0.15, 0.2) is 0 Å². The molecule has 16 heavy (non-hydrogen) atoms. The molecule has 2 unspecified atom stereocenters. The maximum Gasteiger partial charge on any atom is 0.326 e. The predicted molar refractivity (Wildman–Crippen MR) is 55.9 cm³/mol. The minimum Gasteiger partial charge on any atom is -0.480 e. The molecule has 0 aromatic carbocycles. The lowest BCUT2D eigenvalue weighted by Crippen LogP contribution is -2.47. The summed E-state index contributed by atoms with van der Waals surface area (Å²) in [5.74, 6) is -1.11. The second-order valence-electron chi connectivity index (χ2n) is 4.55. The Morgan fingerprint density at radius 2 is 2.06 bits per heavy atom. The van der Waals surface area contributed by atoms with Crippen molar-refractivity contribution in [3.05, 3.63) is 0 Å². The number of rotatable bonds is 4. The highest BCUT2D eigenvalue weighted by Crippen LogP contribution is 2.31. The van der Waals surface area contributed by atoms with Crippen LogP contribution in [0.15, 0.2) is 0 Å². The number of carbonyl (C=O) groups excluding carboxylic acids is 1. The number of carbonyl (C=O) groups is 2. The molecule has 1 aliphatic heterocycles. The van der Waals surface area contributed by atoms with E-state index >= 15 is 0 Å². The van der Waals surface area contributed by atoms with Gasteiger partial charge in [0.25, 0.3) is 0 Å². The van der Waals surface area contributed by atoms with Gasteiger partial charge in [0.1, 0.15) is 6.04 Å². The van der Waals surface area contributed by atoms with Crippen molar-refractivity contribution in [3.8, 4) is 0 Å². The molecule has 1 saturated heterocycles. The second kappa shape index (κ2) is 4.41. The smallest absolute Gasteiger partial charge is 0.326 e. The predicted octanol–water partition coefficient (Wildman–Crippen LogP) is 0.487. The molecule has 0 bridgehead atoms. The number of aliphatic carboxylic acids is 1. The first-order valence-electron chi connectivity index (χ1n) is 5.74. The van der Waals surface area contributed by atoms with E-state index in [1.54, 1.807) is 11.8 Å². The molecule has 90 valence electrons. The summed E-state index contributed by atoms with van der Waals surface area (Å²) in [4.78, 5) is 24.7. The van der Waals surface area contributed by atoms with E-state index in [1.807, 2.05) is 0 Å². The zero-order chi connectivity index (χ0) is 11.7. The number of carboxylic acids is 1. The van der Waals surface area contributed by atoms with Crippen molar-refractivity contribution in [2.75, 3.05) is 13.2 Å². The summed E-state index contributed by atoms with van der Waals surface area (Å²) in [7, 11) is 0. The lowest BCUT2D eigenvalue weighted by molar-refractivity contribution is -0.151. The summed E-state index contributed by atoms with van der Waals surface area (Å²) >= 11 is 0. The SMILES string of the molecule is CC(C(=O)O)N(C(=O)C1CCOC1)C1CC1. The number of carboxylic acid groups (broad SMARTS) is 1. The van der Waals surface area contributed by atoms with Crippen LogP contribution in [-0.4, -0.2) is 47.2 Å². The third-order valence-corrected chi connectivity index (χ3v) is 3.25. The van der Waals surface area contributed by atoms with Crippen LogP contribution in [0.5, 0.6) is 0 Å². The molecule has 1 saturated carbocycles. The molecule has 2 rings (SSSR count). The Balaban J connectivity index is 2.06. The summed E-state index contributed by atoms with van der Waals surface area (Å²) in [5, 5.41) is 9.00. The molecule has 0 spiro atoms. The Kier molecular flexibility index (Phi) is 3.14. The van der Waals surface area contributed by atoms with Crippen LogP contribution >= 0.6 is 0 Å². The van der Waals surface area contributed by atoms with Gasteiger partial charge in [0, 0.05) is 12.6 Å². The zero-order valence-corrected chi connectivity index (χ0v) is 9.39. The number of ether oxygens (including phenoxy) is 1. The largest absolute Gasteiger partial charge is 0.480 e. The second-order valence-corrected chi connectivity index (χ2v) is 4.55. The van der Waals surface area contributed by atoms with Crippen LogP contribution in [0.2, 0.25) is 0 Å². The van der Waals surface area contributed by atoms with Crippen molar-refractivity contribution >= 4 is 11.9 Å². The van der Waals surface area contributed by atoms with Crippen molar-refractivity contribution in [1.82, 2.24) is 4.90 Å². The van der Waals surface area contributed by atoms with E-state index in [0.717, 1.165) is 12.8 Å². The van der Waals surface area contributed by atoms with E-state index in [-0.39, 0.29) is 17.9 Å². The van der Waals surface area contributed by atoms with Gasteiger partial charge in [-0.05, 0) is 26.2 Å². The van der Waals surface area contributed by atoms with Crippen molar-refractivity contribution in [2.24, 2.45) is 5.92 Å². The molecule has 1 amide bonds. The van der Waals surface area contributed by atoms with Crippen LogP contribution in [-0.2, 0) is 14.3 Å².